The minimum atomic E-state index is -3.19. The molecule has 2 aliphatic rings. The molecule has 4 rings (SSSR count). The minimum Gasteiger partial charge on any atom is -0.340 e. The first-order valence-electron chi connectivity index (χ1n) is 9.80. The predicted molar refractivity (Wildman–Crippen MR) is 109 cm³/mol. The van der Waals surface area contributed by atoms with Crippen molar-refractivity contribution in [2.24, 2.45) is 0 Å². The Hall–Kier alpha value is -2.68. The van der Waals surface area contributed by atoms with Crippen LogP contribution in [0.15, 0.2) is 34.9 Å². The zero-order valence-electron chi connectivity index (χ0n) is 16.3. The molecule has 1 aromatic carbocycles. The number of carbonyl (C=O) groups is 1. The van der Waals surface area contributed by atoms with Crippen LogP contribution in [0.1, 0.15) is 49.4 Å². The highest BCUT2D eigenvalue weighted by molar-refractivity contribution is 7.93. The third-order valence-electron chi connectivity index (χ3n) is 5.48. The number of nitrogens with zero attached hydrogens (tertiary/aromatic N) is 3. The summed E-state index contributed by atoms with van der Waals surface area (Å²) in [5, 5.41) is 7.08. The zero-order chi connectivity index (χ0) is 20.5. The SMILES string of the molecule is Cc1nc(C2(NC(=O)C=Cc3ccc(N4CCCS4(=O)=O)cc3)CCCC2)no1. The molecule has 0 bridgehead atoms. The van der Waals surface area contributed by atoms with E-state index in [9.17, 15) is 13.2 Å². The van der Waals surface area contributed by atoms with Crippen molar-refractivity contribution in [3.05, 3.63) is 47.6 Å². The zero-order valence-corrected chi connectivity index (χ0v) is 17.1. The van der Waals surface area contributed by atoms with Gasteiger partial charge in [0.1, 0.15) is 5.54 Å². The molecule has 29 heavy (non-hydrogen) atoms. The number of benzene rings is 1. The van der Waals surface area contributed by atoms with Crippen LogP contribution in [0.4, 0.5) is 5.69 Å². The maximum absolute atomic E-state index is 12.5. The summed E-state index contributed by atoms with van der Waals surface area (Å²) in [5.41, 5.74) is 0.894. The summed E-state index contributed by atoms with van der Waals surface area (Å²) in [6, 6.07) is 7.14. The lowest BCUT2D eigenvalue weighted by Gasteiger charge is -2.25. The van der Waals surface area contributed by atoms with E-state index in [2.05, 4.69) is 15.5 Å². The first-order chi connectivity index (χ1) is 13.9. The molecule has 1 N–H and O–H groups in total. The molecular formula is C20H24N4O4S. The quantitative estimate of drug-likeness (QED) is 0.751. The Kier molecular flexibility index (Phi) is 5.16. The van der Waals surface area contributed by atoms with E-state index in [4.69, 9.17) is 4.52 Å². The number of aromatic nitrogens is 2. The number of hydrogen-bond donors (Lipinski definition) is 1. The molecule has 1 amide bonds. The van der Waals surface area contributed by atoms with E-state index in [1.807, 2.05) is 0 Å². The average Bonchev–Trinajstić information content (AvgIpc) is 3.41. The maximum Gasteiger partial charge on any atom is 0.244 e. The minimum absolute atomic E-state index is 0.191. The van der Waals surface area contributed by atoms with Gasteiger partial charge in [-0.25, -0.2) is 8.42 Å². The number of sulfonamides is 1. The van der Waals surface area contributed by atoms with Crippen LogP contribution in [0.3, 0.4) is 0 Å². The molecule has 1 aliphatic heterocycles. The molecule has 1 aliphatic carbocycles. The molecule has 0 atom stereocenters. The van der Waals surface area contributed by atoms with Crippen LogP contribution in [0.25, 0.3) is 6.08 Å². The Morgan fingerprint density at radius 1 is 1.21 bits per heavy atom. The fourth-order valence-electron chi connectivity index (χ4n) is 4.01. The van der Waals surface area contributed by atoms with Gasteiger partial charge >= 0.3 is 0 Å². The van der Waals surface area contributed by atoms with Crippen molar-refractivity contribution in [1.29, 1.82) is 0 Å². The van der Waals surface area contributed by atoms with Crippen LogP contribution >= 0.6 is 0 Å². The lowest BCUT2D eigenvalue weighted by molar-refractivity contribution is -0.118. The van der Waals surface area contributed by atoms with Crippen molar-refractivity contribution >= 4 is 27.7 Å². The summed E-state index contributed by atoms with van der Waals surface area (Å²) in [6.07, 6.45) is 7.40. The molecule has 2 heterocycles. The molecule has 0 radical (unpaired) electrons. The van der Waals surface area contributed by atoms with Crippen LogP contribution in [-0.2, 0) is 20.4 Å². The fraction of sp³-hybridized carbons (Fsp3) is 0.450. The maximum atomic E-state index is 12.5. The lowest BCUT2D eigenvalue weighted by atomic mass is 9.96. The van der Waals surface area contributed by atoms with E-state index in [-0.39, 0.29) is 11.7 Å². The van der Waals surface area contributed by atoms with E-state index in [1.54, 1.807) is 37.3 Å². The van der Waals surface area contributed by atoms with Crippen LogP contribution in [0, 0.1) is 6.92 Å². The molecule has 2 aromatic rings. The summed E-state index contributed by atoms with van der Waals surface area (Å²) in [5.74, 6) is 0.985. The van der Waals surface area contributed by atoms with Crippen molar-refractivity contribution in [2.45, 2.75) is 44.6 Å². The number of aryl methyl sites for hydroxylation is 1. The molecule has 0 spiro atoms. The Morgan fingerprint density at radius 2 is 1.93 bits per heavy atom. The second kappa shape index (κ2) is 7.62. The second-order valence-corrected chi connectivity index (χ2v) is 9.59. The molecule has 1 aromatic heterocycles. The number of hydrogen-bond acceptors (Lipinski definition) is 6. The summed E-state index contributed by atoms with van der Waals surface area (Å²) in [4.78, 5) is 16.9. The first kappa shape index (κ1) is 19.6. The number of nitrogens with one attached hydrogen (secondary N) is 1. The Bertz CT molecular complexity index is 1020. The Morgan fingerprint density at radius 3 is 2.52 bits per heavy atom. The molecule has 154 valence electrons. The summed E-state index contributed by atoms with van der Waals surface area (Å²) in [6.45, 7) is 2.25. The predicted octanol–water partition coefficient (Wildman–Crippen LogP) is 2.52. The molecule has 9 heteroatoms. The third-order valence-corrected chi connectivity index (χ3v) is 7.35. The van der Waals surface area contributed by atoms with Gasteiger partial charge < -0.3 is 9.84 Å². The molecule has 1 saturated carbocycles. The van der Waals surface area contributed by atoms with E-state index in [0.717, 1.165) is 31.2 Å². The van der Waals surface area contributed by atoms with Crippen molar-refractivity contribution in [3.63, 3.8) is 0 Å². The largest absolute Gasteiger partial charge is 0.340 e. The van der Waals surface area contributed by atoms with Crippen LogP contribution in [0.5, 0.6) is 0 Å². The normalized spacial score (nSPS) is 20.4. The van der Waals surface area contributed by atoms with Gasteiger partial charge in [0.2, 0.25) is 21.8 Å². The van der Waals surface area contributed by atoms with Crippen molar-refractivity contribution in [3.8, 4) is 0 Å². The van der Waals surface area contributed by atoms with Gasteiger partial charge in [0.25, 0.3) is 0 Å². The van der Waals surface area contributed by atoms with Crippen molar-refractivity contribution in [1.82, 2.24) is 15.5 Å². The average molecular weight is 417 g/mol. The van der Waals surface area contributed by atoms with Crippen molar-refractivity contribution in [2.75, 3.05) is 16.6 Å². The van der Waals surface area contributed by atoms with Crippen LogP contribution in [0.2, 0.25) is 0 Å². The number of amides is 1. The van der Waals surface area contributed by atoms with Gasteiger partial charge in [-0.2, -0.15) is 4.98 Å². The van der Waals surface area contributed by atoms with Gasteiger partial charge in [-0.3, -0.25) is 9.10 Å². The lowest BCUT2D eigenvalue weighted by Crippen LogP contribution is -2.44. The van der Waals surface area contributed by atoms with Crippen LogP contribution in [-0.4, -0.2) is 36.8 Å². The standard InChI is InChI=1S/C20H24N4O4S/c1-15-21-19(23-28-15)20(11-2-3-12-20)22-18(25)10-7-16-5-8-17(9-6-16)24-13-4-14-29(24,26)27/h5-10H,2-4,11-14H2,1H3,(H,22,25). The van der Waals surface area contributed by atoms with Gasteiger partial charge in [-0.05, 0) is 43.0 Å². The molecule has 0 unspecified atom stereocenters. The molecular weight excluding hydrogens is 392 g/mol. The Labute approximate surface area is 170 Å². The summed E-state index contributed by atoms with van der Waals surface area (Å²) < 4.78 is 30.6. The topological polar surface area (TPSA) is 105 Å². The third kappa shape index (κ3) is 4.05. The highest BCUT2D eigenvalue weighted by atomic mass is 32.2. The molecule has 1 saturated heterocycles. The smallest absolute Gasteiger partial charge is 0.244 e. The first-order valence-corrected chi connectivity index (χ1v) is 11.4. The van der Waals surface area contributed by atoms with Gasteiger partial charge in [0.15, 0.2) is 5.82 Å². The fourth-order valence-corrected chi connectivity index (χ4v) is 5.57. The van der Waals surface area contributed by atoms with E-state index in [1.165, 1.54) is 10.4 Å². The van der Waals surface area contributed by atoms with Gasteiger partial charge in [-0.1, -0.05) is 30.1 Å². The van der Waals surface area contributed by atoms with E-state index in [0.29, 0.717) is 30.4 Å². The second-order valence-electron chi connectivity index (χ2n) is 7.58. The number of carbonyl (C=O) groups excluding carboxylic acids is 1. The van der Waals surface area contributed by atoms with Crippen LogP contribution < -0.4 is 9.62 Å². The van der Waals surface area contributed by atoms with Gasteiger partial charge in [0.05, 0.1) is 11.4 Å². The van der Waals surface area contributed by atoms with E-state index >= 15 is 0 Å². The number of anilines is 1. The Balaban J connectivity index is 1.44. The molecule has 2 fully saturated rings. The van der Waals surface area contributed by atoms with Gasteiger partial charge in [-0.15, -0.1) is 0 Å². The monoisotopic (exact) mass is 416 g/mol. The highest BCUT2D eigenvalue weighted by Gasteiger charge is 2.40. The molecule has 8 nitrogen and oxygen atoms in total. The number of rotatable bonds is 5. The van der Waals surface area contributed by atoms with Gasteiger partial charge in [0, 0.05) is 19.5 Å². The highest BCUT2D eigenvalue weighted by Crippen LogP contribution is 2.37. The summed E-state index contributed by atoms with van der Waals surface area (Å²) in [7, 11) is -3.19. The summed E-state index contributed by atoms with van der Waals surface area (Å²) >= 11 is 0. The van der Waals surface area contributed by atoms with Crippen molar-refractivity contribution < 1.29 is 17.7 Å². The van der Waals surface area contributed by atoms with E-state index < -0.39 is 15.6 Å².